The first kappa shape index (κ1) is 14.3. The predicted octanol–water partition coefficient (Wildman–Crippen LogP) is 4.45. The first-order chi connectivity index (χ1) is 11.2. The lowest BCUT2D eigenvalue weighted by Crippen LogP contribution is -2.31. The molecule has 1 aliphatic heterocycles. The van der Waals surface area contributed by atoms with Gasteiger partial charge in [0.15, 0.2) is 5.76 Å². The normalized spacial score (nSPS) is 16.7. The fourth-order valence-electron chi connectivity index (χ4n) is 2.86. The van der Waals surface area contributed by atoms with Gasteiger partial charge in [-0.15, -0.1) is 0 Å². The Morgan fingerprint density at radius 3 is 2.91 bits per heavy atom. The van der Waals surface area contributed by atoms with Crippen LogP contribution in [-0.2, 0) is 0 Å². The topological polar surface area (TPSA) is 51.5 Å². The van der Waals surface area contributed by atoms with Crippen molar-refractivity contribution < 1.29 is 13.9 Å². The van der Waals surface area contributed by atoms with Crippen LogP contribution in [0.4, 0.5) is 0 Å². The van der Waals surface area contributed by atoms with Crippen molar-refractivity contribution >= 4 is 32.8 Å². The summed E-state index contributed by atoms with van der Waals surface area (Å²) in [5, 5.41) is 3.94. The molecule has 0 saturated carbocycles. The highest BCUT2D eigenvalue weighted by Crippen LogP contribution is 2.32. The van der Waals surface area contributed by atoms with Gasteiger partial charge in [0.25, 0.3) is 5.91 Å². The summed E-state index contributed by atoms with van der Waals surface area (Å²) in [5.74, 6) is 0.932. The van der Waals surface area contributed by atoms with Gasteiger partial charge in [-0.05, 0) is 34.1 Å². The molecule has 1 N–H and O–H groups in total. The lowest BCUT2D eigenvalue weighted by Gasteiger charge is -2.26. The Bertz CT molecular complexity index is 887. The smallest absolute Gasteiger partial charge is 0.287 e. The zero-order valence-electron chi connectivity index (χ0n) is 12.2. The zero-order chi connectivity index (χ0) is 15.8. The fraction of sp³-hybridized carbons (Fsp3) is 0.167. The van der Waals surface area contributed by atoms with E-state index in [0.29, 0.717) is 18.0 Å². The van der Waals surface area contributed by atoms with Gasteiger partial charge >= 0.3 is 0 Å². The van der Waals surface area contributed by atoms with E-state index in [1.807, 2.05) is 42.5 Å². The largest absolute Gasteiger partial charge is 0.493 e. The number of benzene rings is 2. The van der Waals surface area contributed by atoms with Gasteiger partial charge in [0, 0.05) is 17.4 Å². The quantitative estimate of drug-likeness (QED) is 0.723. The van der Waals surface area contributed by atoms with E-state index < -0.39 is 0 Å². The van der Waals surface area contributed by atoms with Crippen molar-refractivity contribution in [2.45, 2.75) is 12.5 Å². The van der Waals surface area contributed by atoms with Crippen LogP contribution in [0, 0.1) is 0 Å². The standard InChI is InChI=1S/C18H14BrNO3/c19-13-6-3-4-11-10-16(23-17(11)13)18(21)20-14-8-9-22-15-7-2-1-5-12(14)15/h1-7,10,14H,8-9H2,(H,20,21). The average Bonchev–Trinajstić information content (AvgIpc) is 3.01. The van der Waals surface area contributed by atoms with Crippen molar-refractivity contribution in [3.8, 4) is 5.75 Å². The number of fused-ring (bicyclic) bond motifs is 2. The third-order valence-electron chi connectivity index (χ3n) is 3.98. The van der Waals surface area contributed by atoms with Crippen LogP contribution < -0.4 is 10.1 Å². The third kappa shape index (κ3) is 2.61. The van der Waals surface area contributed by atoms with Gasteiger partial charge in [0.1, 0.15) is 11.3 Å². The van der Waals surface area contributed by atoms with Crippen LogP contribution >= 0.6 is 15.9 Å². The van der Waals surface area contributed by atoms with Crippen molar-refractivity contribution in [2.75, 3.05) is 6.61 Å². The highest BCUT2D eigenvalue weighted by Gasteiger charge is 2.24. The molecule has 0 saturated heterocycles. The van der Waals surface area contributed by atoms with E-state index >= 15 is 0 Å². The molecule has 0 fully saturated rings. The van der Waals surface area contributed by atoms with Crippen LogP contribution in [0.15, 0.2) is 57.4 Å². The lowest BCUT2D eigenvalue weighted by molar-refractivity contribution is 0.0899. The lowest BCUT2D eigenvalue weighted by atomic mass is 10.0. The van der Waals surface area contributed by atoms with Crippen LogP contribution in [0.5, 0.6) is 5.75 Å². The summed E-state index contributed by atoms with van der Waals surface area (Å²) in [6, 6.07) is 15.2. The average molecular weight is 372 g/mol. The van der Waals surface area contributed by atoms with E-state index in [0.717, 1.165) is 27.6 Å². The van der Waals surface area contributed by atoms with Gasteiger partial charge in [-0.25, -0.2) is 0 Å². The van der Waals surface area contributed by atoms with Gasteiger partial charge < -0.3 is 14.5 Å². The number of para-hydroxylation sites is 2. The molecule has 3 aromatic rings. The third-order valence-corrected chi connectivity index (χ3v) is 4.61. The van der Waals surface area contributed by atoms with Gasteiger partial charge in [-0.3, -0.25) is 4.79 Å². The molecule has 2 aromatic carbocycles. The first-order valence-electron chi connectivity index (χ1n) is 7.43. The number of nitrogens with one attached hydrogen (secondary N) is 1. The predicted molar refractivity (Wildman–Crippen MR) is 90.7 cm³/mol. The molecule has 0 aliphatic carbocycles. The maximum atomic E-state index is 12.5. The molecular formula is C18H14BrNO3. The van der Waals surface area contributed by atoms with Crippen LogP contribution in [0.25, 0.3) is 11.0 Å². The minimum atomic E-state index is -0.213. The molecule has 5 heteroatoms. The summed E-state index contributed by atoms with van der Waals surface area (Å²) in [7, 11) is 0. The number of amides is 1. The molecule has 23 heavy (non-hydrogen) atoms. The molecule has 1 atom stereocenters. The number of furan rings is 1. The van der Waals surface area contributed by atoms with Crippen molar-refractivity contribution in [3.05, 3.63) is 64.3 Å². The molecule has 4 nitrogen and oxygen atoms in total. The summed E-state index contributed by atoms with van der Waals surface area (Å²) in [6.07, 6.45) is 0.743. The highest BCUT2D eigenvalue weighted by molar-refractivity contribution is 9.10. The Morgan fingerprint density at radius 1 is 1.17 bits per heavy atom. The monoisotopic (exact) mass is 371 g/mol. The van der Waals surface area contributed by atoms with E-state index in [4.69, 9.17) is 9.15 Å². The van der Waals surface area contributed by atoms with Crippen LogP contribution in [0.3, 0.4) is 0 Å². The van der Waals surface area contributed by atoms with Crippen molar-refractivity contribution in [1.82, 2.24) is 5.32 Å². The molecule has 0 radical (unpaired) electrons. The zero-order valence-corrected chi connectivity index (χ0v) is 13.8. The molecule has 0 spiro atoms. The maximum absolute atomic E-state index is 12.5. The minimum absolute atomic E-state index is 0.0656. The van der Waals surface area contributed by atoms with E-state index in [9.17, 15) is 4.79 Å². The Morgan fingerprint density at radius 2 is 2.04 bits per heavy atom. The maximum Gasteiger partial charge on any atom is 0.287 e. The minimum Gasteiger partial charge on any atom is -0.493 e. The summed E-state index contributed by atoms with van der Waals surface area (Å²) >= 11 is 3.44. The summed E-state index contributed by atoms with van der Waals surface area (Å²) in [4.78, 5) is 12.5. The Kier molecular flexibility index (Phi) is 3.58. The molecule has 1 aliphatic rings. The number of carbonyl (C=O) groups excluding carboxylic acids is 1. The highest BCUT2D eigenvalue weighted by atomic mass is 79.9. The van der Waals surface area contributed by atoms with Crippen LogP contribution in [0.2, 0.25) is 0 Å². The number of rotatable bonds is 2. The Labute approximate surface area is 141 Å². The molecule has 2 heterocycles. The van der Waals surface area contributed by atoms with E-state index in [-0.39, 0.29) is 11.9 Å². The Balaban J connectivity index is 1.61. The summed E-state index contributed by atoms with van der Waals surface area (Å²) < 4.78 is 12.2. The molecular weight excluding hydrogens is 358 g/mol. The number of halogens is 1. The van der Waals surface area contributed by atoms with E-state index in [1.165, 1.54) is 0 Å². The summed E-state index contributed by atoms with van der Waals surface area (Å²) in [6.45, 7) is 0.591. The molecule has 4 rings (SSSR count). The fourth-order valence-corrected chi connectivity index (χ4v) is 3.32. The van der Waals surface area contributed by atoms with E-state index in [2.05, 4.69) is 21.2 Å². The van der Waals surface area contributed by atoms with Gasteiger partial charge in [0.2, 0.25) is 0 Å². The Hall–Kier alpha value is -2.27. The molecule has 0 bridgehead atoms. The molecule has 1 aromatic heterocycles. The number of hydrogen-bond donors (Lipinski definition) is 1. The second kappa shape index (κ2) is 5.74. The van der Waals surface area contributed by atoms with Crippen molar-refractivity contribution in [2.24, 2.45) is 0 Å². The van der Waals surface area contributed by atoms with E-state index in [1.54, 1.807) is 6.07 Å². The first-order valence-corrected chi connectivity index (χ1v) is 8.22. The molecule has 1 unspecified atom stereocenters. The van der Waals surface area contributed by atoms with Gasteiger partial charge in [-0.1, -0.05) is 30.3 Å². The number of hydrogen-bond acceptors (Lipinski definition) is 3. The molecule has 116 valence electrons. The number of ether oxygens (including phenoxy) is 1. The summed E-state index contributed by atoms with van der Waals surface area (Å²) in [5.41, 5.74) is 1.69. The van der Waals surface area contributed by atoms with Crippen molar-refractivity contribution in [3.63, 3.8) is 0 Å². The second-order valence-electron chi connectivity index (χ2n) is 5.47. The van der Waals surface area contributed by atoms with Gasteiger partial charge in [-0.2, -0.15) is 0 Å². The van der Waals surface area contributed by atoms with Crippen molar-refractivity contribution in [1.29, 1.82) is 0 Å². The SMILES string of the molecule is O=C(NC1CCOc2ccccc21)c1cc2cccc(Br)c2o1. The van der Waals surface area contributed by atoms with Gasteiger partial charge in [0.05, 0.1) is 17.1 Å². The number of carbonyl (C=O) groups is 1. The van der Waals surface area contributed by atoms with Crippen LogP contribution in [0.1, 0.15) is 28.6 Å². The second-order valence-corrected chi connectivity index (χ2v) is 6.32. The molecule has 1 amide bonds. The van der Waals surface area contributed by atoms with Crippen LogP contribution in [-0.4, -0.2) is 12.5 Å².